The lowest BCUT2D eigenvalue weighted by Gasteiger charge is -2.33. The van der Waals surface area contributed by atoms with Crippen molar-refractivity contribution in [3.05, 3.63) is 59.7 Å². The van der Waals surface area contributed by atoms with Gasteiger partial charge in [0.2, 0.25) is 10.0 Å². The second kappa shape index (κ2) is 9.07. The maximum absolute atomic E-state index is 12.3. The molecule has 29 heavy (non-hydrogen) atoms. The van der Waals surface area contributed by atoms with E-state index in [0.29, 0.717) is 18.8 Å². The number of nitrogens with one attached hydrogen (secondary N) is 2. The van der Waals surface area contributed by atoms with E-state index in [9.17, 15) is 13.2 Å². The first-order chi connectivity index (χ1) is 13.8. The van der Waals surface area contributed by atoms with Crippen LogP contribution in [0.5, 0.6) is 0 Å². The highest BCUT2D eigenvalue weighted by Gasteiger charge is 2.31. The van der Waals surface area contributed by atoms with Crippen molar-refractivity contribution in [3.63, 3.8) is 0 Å². The van der Waals surface area contributed by atoms with Crippen molar-refractivity contribution in [1.29, 1.82) is 0 Å². The molecule has 1 saturated heterocycles. The first-order valence-corrected chi connectivity index (χ1v) is 11.4. The molecule has 0 aromatic heterocycles. The molecule has 2 N–H and O–H groups in total. The number of amides is 1. The van der Waals surface area contributed by atoms with E-state index in [0.717, 1.165) is 23.1 Å². The van der Waals surface area contributed by atoms with Crippen LogP contribution in [0.3, 0.4) is 0 Å². The molecule has 7 heteroatoms. The molecule has 1 fully saturated rings. The molecule has 1 aliphatic heterocycles. The molecule has 0 spiro atoms. The van der Waals surface area contributed by atoms with Gasteiger partial charge in [-0.25, -0.2) is 13.1 Å². The Bertz CT molecular complexity index is 938. The number of sulfonamides is 1. The number of rotatable bonds is 6. The van der Waals surface area contributed by atoms with E-state index in [1.165, 1.54) is 0 Å². The van der Waals surface area contributed by atoms with Crippen LogP contribution in [-0.4, -0.2) is 45.9 Å². The predicted molar refractivity (Wildman–Crippen MR) is 114 cm³/mol. The second-order valence-electron chi connectivity index (χ2n) is 7.57. The van der Waals surface area contributed by atoms with E-state index < -0.39 is 15.3 Å². The second-order valence-corrected chi connectivity index (χ2v) is 9.84. The molecule has 2 aromatic carbocycles. The summed E-state index contributed by atoms with van der Waals surface area (Å²) in [5, 5.41) is 2.13. The standard InChI is InChI=1S/C22H28N2O4S/c1-15(2)29(26,27)24-21-14-28-13-12-20(21)18-8-4-16(5-9-18)17-6-10-19(11-7-17)22(25)23-3/h4-11,15,20-21,24H,12-14H2,1-3H3,(H,23,25)/t20-,21+/m1/s1. The summed E-state index contributed by atoms with van der Waals surface area (Å²) in [6.45, 7) is 4.34. The molecular weight excluding hydrogens is 388 g/mol. The van der Waals surface area contributed by atoms with Crippen LogP contribution in [0.1, 0.15) is 42.1 Å². The van der Waals surface area contributed by atoms with Crippen LogP contribution >= 0.6 is 0 Å². The lowest BCUT2D eigenvalue weighted by atomic mass is 9.87. The Labute approximate surface area is 172 Å². The smallest absolute Gasteiger partial charge is 0.251 e. The lowest BCUT2D eigenvalue weighted by molar-refractivity contribution is 0.0644. The largest absolute Gasteiger partial charge is 0.380 e. The van der Waals surface area contributed by atoms with Gasteiger partial charge in [0, 0.05) is 25.1 Å². The summed E-state index contributed by atoms with van der Waals surface area (Å²) in [5.74, 6) is -0.0386. The van der Waals surface area contributed by atoms with Crippen molar-refractivity contribution < 1.29 is 17.9 Å². The molecule has 2 aromatic rings. The SMILES string of the molecule is CNC(=O)c1ccc(-c2ccc([C@H]3CCOC[C@@H]3NS(=O)(=O)C(C)C)cc2)cc1. The number of benzene rings is 2. The van der Waals surface area contributed by atoms with Crippen LogP contribution in [0.15, 0.2) is 48.5 Å². The zero-order chi connectivity index (χ0) is 21.0. The third-order valence-corrected chi connectivity index (χ3v) is 7.21. The highest BCUT2D eigenvalue weighted by atomic mass is 32.2. The van der Waals surface area contributed by atoms with Gasteiger partial charge in [0.05, 0.1) is 17.9 Å². The first kappa shape index (κ1) is 21.5. The van der Waals surface area contributed by atoms with Crippen molar-refractivity contribution in [1.82, 2.24) is 10.0 Å². The van der Waals surface area contributed by atoms with Crippen LogP contribution < -0.4 is 10.0 Å². The minimum Gasteiger partial charge on any atom is -0.380 e. The molecule has 0 saturated carbocycles. The summed E-state index contributed by atoms with van der Waals surface area (Å²) < 4.78 is 33.0. The fraction of sp³-hybridized carbons (Fsp3) is 0.409. The number of ether oxygens (including phenoxy) is 1. The van der Waals surface area contributed by atoms with Gasteiger partial charge in [-0.15, -0.1) is 0 Å². The molecule has 2 atom stereocenters. The number of hydrogen-bond acceptors (Lipinski definition) is 4. The van der Waals surface area contributed by atoms with Gasteiger partial charge < -0.3 is 10.1 Å². The minimum atomic E-state index is -3.37. The summed E-state index contributed by atoms with van der Waals surface area (Å²) >= 11 is 0. The highest BCUT2D eigenvalue weighted by Crippen LogP contribution is 2.30. The van der Waals surface area contributed by atoms with Crippen molar-refractivity contribution in [2.45, 2.75) is 37.5 Å². The zero-order valence-electron chi connectivity index (χ0n) is 17.0. The Hall–Kier alpha value is -2.22. The quantitative estimate of drug-likeness (QED) is 0.758. The average molecular weight is 417 g/mol. The summed E-state index contributed by atoms with van der Waals surface area (Å²) in [5.41, 5.74) is 3.78. The maximum Gasteiger partial charge on any atom is 0.251 e. The Kier molecular flexibility index (Phi) is 6.72. The first-order valence-electron chi connectivity index (χ1n) is 9.83. The van der Waals surface area contributed by atoms with Crippen LogP contribution in [0.25, 0.3) is 11.1 Å². The molecule has 1 amide bonds. The van der Waals surface area contributed by atoms with Crippen LogP contribution in [-0.2, 0) is 14.8 Å². The normalized spacial score (nSPS) is 19.9. The van der Waals surface area contributed by atoms with Crippen LogP contribution in [0, 0.1) is 0 Å². The van der Waals surface area contributed by atoms with Crippen molar-refractivity contribution in [2.75, 3.05) is 20.3 Å². The summed E-state index contributed by atoms with van der Waals surface area (Å²) in [6, 6.07) is 15.4. The topological polar surface area (TPSA) is 84.5 Å². The molecule has 0 unspecified atom stereocenters. The summed E-state index contributed by atoms with van der Waals surface area (Å²) in [4.78, 5) is 11.7. The van der Waals surface area contributed by atoms with Gasteiger partial charge >= 0.3 is 0 Å². The molecule has 0 radical (unpaired) electrons. The van der Waals surface area contributed by atoms with E-state index in [2.05, 4.69) is 22.2 Å². The van der Waals surface area contributed by atoms with E-state index in [1.807, 2.05) is 24.3 Å². The Balaban J connectivity index is 1.78. The monoisotopic (exact) mass is 416 g/mol. The molecule has 0 bridgehead atoms. The molecule has 1 aliphatic rings. The molecule has 0 aliphatic carbocycles. The third-order valence-electron chi connectivity index (χ3n) is 5.34. The van der Waals surface area contributed by atoms with Gasteiger partial charge in [-0.05, 0) is 49.1 Å². The molecule has 156 valence electrons. The van der Waals surface area contributed by atoms with Gasteiger partial charge in [0.25, 0.3) is 5.91 Å². The van der Waals surface area contributed by atoms with Crippen LogP contribution in [0.2, 0.25) is 0 Å². The highest BCUT2D eigenvalue weighted by molar-refractivity contribution is 7.90. The van der Waals surface area contributed by atoms with Crippen molar-refractivity contribution >= 4 is 15.9 Å². The molecule has 6 nitrogen and oxygen atoms in total. The van der Waals surface area contributed by atoms with Crippen molar-refractivity contribution in [2.24, 2.45) is 0 Å². The van der Waals surface area contributed by atoms with Crippen molar-refractivity contribution in [3.8, 4) is 11.1 Å². The Morgan fingerprint density at radius 1 is 1.03 bits per heavy atom. The molecular formula is C22H28N2O4S. The van der Waals surface area contributed by atoms with E-state index >= 15 is 0 Å². The number of carbonyl (C=O) groups excluding carboxylic acids is 1. The molecule has 3 rings (SSSR count). The average Bonchev–Trinajstić information content (AvgIpc) is 2.73. The van der Waals surface area contributed by atoms with Gasteiger partial charge in [0.1, 0.15) is 0 Å². The Morgan fingerprint density at radius 2 is 1.62 bits per heavy atom. The summed E-state index contributed by atoms with van der Waals surface area (Å²) in [7, 11) is -1.76. The molecule has 1 heterocycles. The third kappa shape index (κ3) is 5.04. The number of hydrogen-bond donors (Lipinski definition) is 2. The summed E-state index contributed by atoms with van der Waals surface area (Å²) in [6.07, 6.45) is 0.769. The van der Waals surface area contributed by atoms with Gasteiger partial charge in [-0.1, -0.05) is 36.4 Å². The van der Waals surface area contributed by atoms with Crippen LogP contribution in [0.4, 0.5) is 0 Å². The van der Waals surface area contributed by atoms with E-state index in [-0.39, 0.29) is 17.9 Å². The zero-order valence-corrected chi connectivity index (χ0v) is 17.8. The van der Waals surface area contributed by atoms with E-state index in [4.69, 9.17) is 4.74 Å². The van der Waals surface area contributed by atoms with Gasteiger partial charge in [-0.3, -0.25) is 4.79 Å². The van der Waals surface area contributed by atoms with Gasteiger partial charge in [0.15, 0.2) is 0 Å². The lowest BCUT2D eigenvalue weighted by Crippen LogP contribution is -2.47. The maximum atomic E-state index is 12.3. The minimum absolute atomic E-state index is 0.0713. The van der Waals surface area contributed by atoms with E-state index in [1.54, 1.807) is 33.0 Å². The fourth-order valence-electron chi connectivity index (χ4n) is 3.48. The van der Waals surface area contributed by atoms with Gasteiger partial charge in [-0.2, -0.15) is 0 Å². The number of carbonyl (C=O) groups is 1. The fourth-order valence-corrected chi connectivity index (χ4v) is 4.41. The predicted octanol–water partition coefficient (Wildman–Crippen LogP) is 2.91. The Morgan fingerprint density at radius 3 is 2.17 bits per heavy atom.